The van der Waals surface area contributed by atoms with E-state index in [1.54, 1.807) is 6.20 Å². The van der Waals surface area contributed by atoms with Gasteiger partial charge in [-0.2, -0.15) is 24.2 Å². The molecule has 0 saturated carbocycles. The van der Waals surface area contributed by atoms with Gasteiger partial charge in [-0.25, -0.2) is 23.0 Å². The molecule has 0 atom stereocenters. The number of aromatic nitrogens is 8. The molecule has 39 heavy (non-hydrogen) atoms. The molecule has 4 aromatic rings. The average Bonchev–Trinajstić information content (AvgIpc) is 3.45. The summed E-state index contributed by atoms with van der Waals surface area (Å²) in [6.45, 7) is 7.94. The van der Waals surface area contributed by atoms with Crippen LogP contribution in [-0.4, -0.2) is 60.1 Å². The number of rotatable bonds is 4. The molecule has 4 heterocycles. The third kappa shape index (κ3) is 12.0. The first-order valence-electron chi connectivity index (χ1n) is 10.3. The summed E-state index contributed by atoms with van der Waals surface area (Å²) < 4.78 is 25.1. The van der Waals surface area contributed by atoms with Crippen LogP contribution in [0.5, 0.6) is 0 Å². The zero-order valence-corrected chi connectivity index (χ0v) is 35.6. The van der Waals surface area contributed by atoms with Gasteiger partial charge in [-0.3, -0.25) is 9.97 Å². The third-order valence-corrected chi connectivity index (χ3v) is 6.03. The molecule has 0 fully saturated rings. The second-order valence-electron chi connectivity index (χ2n) is 7.77. The van der Waals surface area contributed by atoms with Gasteiger partial charge in [-0.1, -0.05) is 39.5 Å². The maximum absolute atomic E-state index is 11.6. The summed E-state index contributed by atoms with van der Waals surface area (Å²) in [6.07, 6.45) is 6.09. The van der Waals surface area contributed by atoms with Crippen LogP contribution in [0.1, 0.15) is 50.7 Å². The fraction of sp³-hybridized carbons (Fsp3) is 0.421. The molecule has 0 saturated heterocycles. The molecule has 0 aliphatic rings. The third-order valence-electron chi connectivity index (χ3n) is 4.56. The van der Waals surface area contributed by atoms with Gasteiger partial charge in [0, 0.05) is 17.4 Å². The van der Waals surface area contributed by atoms with Gasteiger partial charge in [0.15, 0.2) is 16.5 Å². The van der Waals surface area contributed by atoms with Gasteiger partial charge in [0.2, 0.25) is 15.0 Å². The van der Waals surface area contributed by atoms with Crippen molar-refractivity contribution in [2.24, 2.45) is 0 Å². The van der Waals surface area contributed by atoms with Crippen LogP contribution in [0, 0.1) is 7.43 Å². The Morgan fingerprint density at radius 2 is 1.31 bits per heavy atom. The molecule has 0 aliphatic heterocycles. The van der Waals surface area contributed by atoms with Crippen molar-refractivity contribution in [1.29, 1.82) is 0 Å². The number of fused-ring (bicyclic) bond motifs is 2. The number of thioether (sulfide) groups is 1. The van der Waals surface area contributed by atoms with Gasteiger partial charge in [-0.15, -0.1) is 0 Å². The average molecular weight is 1180 g/mol. The first kappa shape index (κ1) is 40.2. The van der Waals surface area contributed by atoms with E-state index in [-0.39, 0.29) is 29.8 Å². The fourth-order valence-corrected chi connectivity index (χ4v) is 3.75. The molecule has 0 bridgehead atoms. The molecular weight excluding hydrogens is 1150 g/mol. The van der Waals surface area contributed by atoms with E-state index in [2.05, 4.69) is 121 Å². The summed E-state index contributed by atoms with van der Waals surface area (Å²) in [5.74, 6) is 0.417. The number of hydrogen-bond acceptors (Lipinski definition) is 9. The fourth-order valence-electron chi connectivity index (χ4n) is 2.85. The molecule has 4 aromatic heterocycles. The van der Waals surface area contributed by atoms with Crippen LogP contribution < -0.4 is 24.6 Å². The maximum atomic E-state index is 11.6. The van der Waals surface area contributed by atoms with E-state index in [0.717, 1.165) is 21.9 Å². The number of halogens is 5. The van der Waals surface area contributed by atoms with E-state index in [1.807, 2.05) is 20.1 Å². The Morgan fingerprint density at radius 1 is 0.923 bits per heavy atom. The van der Waals surface area contributed by atoms with Gasteiger partial charge in [-0.05, 0) is 18.1 Å². The van der Waals surface area contributed by atoms with E-state index in [9.17, 15) is 18.0 Å². The number of H-pyrrole nitrogens is 2. The Bertz CT molecular complexity index is 1550. The molecule has 0 radical (unpaired) electrons. The zero-order valence-electron chi connectivity index (χ0n) is 21.8. The normalized spacial score (nSPS) is 10.8. The first-order valence-corrected chi connectivity index (χ1v) is 35.0. The van der Waals surface area contributed by atoms with E-state index >= 15 is 0 Å². The van der Waals surface area contributed by atoms with Crippen LogP contribution in [-0.2, 0) is 19.3 Å². The van der Waals surface area contributed by atoms with Crippen molar-refractivity contribution >= 4 is 110 Å². The Morgan fingerprint density at radius 3 is 1.67 bits per heavy atom. The quantitative estimate of drug-likeness (QED) is 0.178. The van der Waals surface area contributed by atoms with E-state index in [0.29, 0.717) is 39.4 Å². The molecule has 4 rings (SSSR count). The van der Waals surface area contributed by atoms with E-state index in [4.69, 9.17) is 0 Å². The van der Waals surface area contributed by atoms with Crippen LogP contribution in [0.15, 0.2) is 32.3 Å². The molecule has 0 spiro atoms. The summed E-state index contributed by atoms with van der Waals surface area (Å²) in [4.78, 5) is 36.3. The summed E-state index contributed by atoms with van der Waals surface area (Å²) >= 11 is 11.5. The number of nitrogens with one attached hydrogen (secondary N) is 2. The molecule has 0 unspecified atom stereocenters. The number of sulfone groups is 1. The minimum atomic E-state index is -3.54. The van der Waals surface area contributed by atoms with Gasteiger partial charge < -0.3 is 7.43 Å². The van der Waals surface area contributed by atoms with Crippen molar-refractivity contribution in [3.63, 3.8) is 0 Å². The molecule has 0 amide bonds. The van der Waals surface area contributed by atoms with Crippen LogP contribution in [0.3, 0.4) is 0 Å². The Hall–Kier alpha value is 1.23. The number of nitrogens with zero attached hydrogens (tertiary/aromatic N) is 6. The molecular formula is C19H27I5N8O4S2V-2. The van der Waals surface area contributed by atoms with Crippen molar-refractivity contribution in [3.8, 4) is 0 Å². The van der Waals surface area contributed by atoms with E-state index < -0.39 is 15.5 Å². The zero-order chi connectivity index (χ0) is 29.2. The molecule has 12 nitrogen and oxygen atoms in total. The Balaban J connectivity index is 0.000000606. The molecule has 221 valence electrons. The summed E-state index contributed by atoms with van der Waals surface area (Å²) in [7, 11) is -2.92. The molecule has 0 aromatic carbocycles. The second-order valence-corrected chi connectivity index (χ2v) is 38.5. The van der Waals surface area contributed by atoms with Gasteiger partial charge in [0.25, 0.3) is 0 Å². The van der Waals surface area contributed by atoms with Crippen molar-refractivity contribution in [3.05, 3.63) is 51.9 Å². The topological polar surface area (TPSA) is 160 Å². The Labute approximate surface area is 290 Å². The number of hydrogen-bond donors (Lipinski definition) is 2. The standard InChI is InChI=1S/C9H12N4O3S.C9H12N4OS.CH3.I3.2HI.V/c1-5(2)6-4-10-13-7(6)11-8(12-9(13)14)17(3,15)16;1-5(2)6-4-10-13-7(6)11-8(15-3)12-9(13)14;;1-3-2;;;/h4-5H,1-3H3,(H,11,12,14);4-5H,1-3H3,(H,11,12,14);1H3;;2*1H;/q;;2*-1;;;+2/p-2. The van der Waals surface area contributed by atoms with Gasteiger partial charge >= 0.3 is 111 Å². The minimum absolute atomic E-state index is 0. The van der Waals surface area contributed by atoms with Gasteiger partial charge in [0.1, 0.15) is 0 Å². The second kappa shape index (κ2) is 19.5. The predicted molar refractivity (Wildman–Crippen MR) is 183 cm³/mol. The molecule has 2 N–H and O–H groups in total. The van der Waals surface area contributed by atoms with Crippen LogP contribution in [0.4, 0.5) is 0 Å². The predicted octanol–water partition coefficient (Wildman–Crippen LogP) is 2.20. The van der Waals surface area contributed by atoms with Crippen LogP contribution in [0.2, 0.25) is 0 Å². The van der Waals surface area contributed by atoms with Crippen LogP contribution in [0.25, 0.3) is 11.3 Å². The summed E-state index contributed by atoms with van der Waals surface area (Å²) in [6, 6.07) is 0. The van der Waals surface area contributed by atoms with Crippen molar-refractivity contribution < 1.29 is 31.1 Å². The summed E-state index contributed by atoms with van der Waals surface area (Å²) in [5.41, 5.74) is 1.82. The first-order chi connectivity index (χ1) is 17.8. The summed E-state index contributed by atoms with van der Waals surface area (Å²) in [5, 5.41) is 8.18. The molecule has 20 heteroatoms. The van der Waals surface area contributed by atoms with Crippen LogP contribution >= 0.6 is 89.0 Å². The SMILES string of the molecule is CC(C)c1cnn2c(=O)[nH]c(S(C)(=O)=O)nc12.CSc1nc2c(C(C)C)cnn2c(=O)[nH]1.I[I-]I.[CH3-].[I][V][I]. The van der Waals surface area contributed by atoms with Crippen molar-refractivity contribution in [2.45, 2.75) is 49.8 Å². The molecule has 0 aliphatic carbocycles. The number of aromatic amines is 2. The van der Waals surface area contributed by atoms with E-state index in [1.165, 1.54) is 22.5 Å². The Kier molecular flexibility index (Phi) is 20.1. The monoisotopic (exact) mass is 1180 g/mol. The van der Waals surface area contributed by atoms with Crippen molar-refractivity contribution in [2.75, 3.05) is 12.5 Å². The van der Waals surface area contributed by atoms with Crippen molar-refractivity contribution in [1.82, 2.24) is 39.2 Å². The van der Waals surface area contributed by atoms with Gasteiger partial charge in [0.05, 0.1) is 12.4 Å².